The van der Waals surface area contributed by atoms with Crippen LogP contribution in [0.1, 0.15) is 31.7 Å². The molecule has 0 saturated carbocycles. The minimum Gasteiger partial charge on any atom is -0.416 e. The molecule has 1 heterocycles. The van der Waals surface area contributed by atoms with Gasteiger partial charge in [-0.1, -0.05) is 31.5 Å². The quantitative estimate of drug-likeness (QED) is 0.700. The first-order chi connectivity index (χ1) is 12.2. The summed E-state index contributed by atoms with van der Waals surface area (Å²) in [7, 11) is 0. The van der Waals surface area contributed by atoms with Crippen molar-refractivity contribution in [2.24, 2.45) is 0 Å². The fourth-order valence-electron chi connectivity index (χ4n) is 2.52. The molecule has 3 rings (SSSR count). The summed E-state index contributed by atoms with van der Waals surface area (Å²) in [5.74, 6) is 1.00. The molecule has 0 atom stereocenters. The average Bonchev–Trinajstić information content (AvgIpc) is 3.11. The molecule has 0 aliphatic rings. The van der Waals surface area contributed by atoms with E-state index >= 15 is 0 Å². The Bertz CT molecular complexity index is 853. The predicted molar refractivity (Wildman–Crippen MR) is 98.1 cm³/mol. The zero-order valence-electron chi connectivity index (χ0n) is 14.5. The Hall–Kier alpha value is -2.95. The van der Waals surface area contributed by atoms with Crippen molar-refractivity contribution in [3.63, 3.8) is 0 Å². The molecule has 0 aliphatic heterocycles. The van der Waals surface area contributed by atoms with Gasteiger partial charge in [0.05, 0.1) is 0 Å². The van der Waals surface area contributed by atoms with Crippen LogP contribution >= 0.6 is 0 Å². The van der Waals surface area contributed by atoms with Gasteiger partial charge in [-0.2, -0.15) is 0 Å². The van der Waals surface area contributed by atoms with Crippen molar-refractivity contribution in [3.8, 4) is 22.9 Å². The van der Waals surface area contributed by atoms with Gasteiger partial charge in [0.15, 0.2) is 0 Å². The number of hydrogen-bond acceptors (Lipinski definition) is 4. The number of anilines is 1. The molecule has 0 saturated heterocycles. The van der Waals surface area contributed by atoms with E-state index in [1.54, 1.807) is 0 Å². The zero-order chi connectivity index (χ0) is 17.6. The van der Waals surface area contributed by atoms with E-state index in [9.17, 15) is 4.79 Å². The second-order valence-electron chi connectivity index (χ2n) is 5.96. The van der Waals surface area contributed by atoms with Crippen LogP contribution in [0.3, 0.4) is 0 Å². The Labute approximate surface area is 147 Å². The van der Waals surface area contributed by atoms with Gasteiger partial charge in [0.25, 0.3) is 0 Å². The molecule has 1 amide bonds. The van der Waals surface area contributed by atoms with Crippen LogP contribution in [0.15, 0.2) is 52.9 Å². The lowest BCUT2D eigenvalue weighted by Gasteiger charge is -2.05. The highest BCUT2D eigenvalue weighted by molar-refractivity contribution is 5.90. The minimum atomic E-state index is 0.0363. The monoisotopic (exact) mass is 335 g/mol. The molecule has 3 aromatic rings. The fraction of sp³-hybridized carbons (Fsp3) is 0.250. The number of nitrogens with one attached hydrogen (secondary N) is 1. The van der Waals surface area contributed by atoms with Crippen molar-refractivity contribution in [1.29, 1.82) is 0 Å². The summed E-state index contributed by atoms with van der Waals surface area (Å²) in [4.78, 5) is 11.8. The number of nitrogens with zero attached hydrogens (tertiary/aromatic N) is 2. The summed E-state index contributed by atoms with van der Waals surface area (Å²) in [6.07, 6.45) is 2.45. The Morgan fingerprint density at radius 2 is 1.76 bits per heavy atom. The van der Waals surface area contributed by atoms with Gasteiger partial charge >= 0.3 is 0 Å². The third kappa shape index (κ3) is 4.12. The van der Waals surface area contributed by atoms with E-state index in [1.165, 1.54) is 0 Å². The second-order valence-corrected chi connectivity index (χ2v) is 5.96. The maximum atomic E-state index is 11.8. The molecular weight excluding hydrogens is 314 g/mol. The van der Waals surface area contributed by atoms with Crippen molar-refractivity contribution >= 4 is 11.6 Å². The topological polar surface area (TPSA) is 68.0 Å². The van der Waals surface area contributed by atoms with E-state index in [0.29, 0.717) is 18.2 Å². The van der Waals surface area contributed by atoms with Gasteiger partial charge in [0, 0.05) is 23.2 Å². The van der Waals surface area contributed by atoms with Crippen LogP contribution in [0.25, 0.3) is 22.9 Å². The summed E-state index contributed by atoms with van der Waals surface area (Å²) >= 11 is 0. The Kier molecular flexibility index (Phi) is 5.23. The van der Waals surface area contributed by atoms with E-state index in [-0.39, 0.29) is 5.91 Å². The lowest BCUT2D eigenvalue weighted by molar-refractivity contribution is -0.116. The highest BCUT2D eigenvalue weighted by Gasteiger charge is 2.12. The molecular formula is C20H21N3O2. The summed E-state index contributed by atoms with van der Waals surface area (Å²) < 4.78 is 5.80. The van der Waals surface area contributed by atoms with E-state index < -0.39 is 0 Å². The van der Waals surface area contributed by atoms with Crippen LogP contribution in [0.5, 0.6) is 0 Å². The third-order valence-corrected chi connectivity index (χ3v) is 3.97. The number of aryl methyl sites for hydroxylation is 1. The standard InChI is InChI=1S/C20H21N3O2/c1-3-4-9-18(24)21-16-12-10-15(11-13-16)19-22-23-20(25-19)17-8-6-5-7-14(17)2/h5-8,10-13H,3-4,9H2,1-2H3,(H,21,24). The zero-order valence-corrected chi connectivity index (χ0v) is 14.5. The molecule has 1 N–H and O–H groups in total. The molecule has 128 valence electrons. The van der Waals surface area contributed by atoms with Gasteiger partial charge in [0.1, 0.15) is 0 Å². The number of hydrogen-bond donors (Lipinski definition) is 1. The second kappa shape index (κ2) is 7.75. The number of unbranched alkanes of at least 4 members (excludes halogenated alkanes) is 1. The average molecular weight is 335 g/mol. The number of rotatable bonds is 6. The van der Waals surface area contributed by atoms with Gasteiger partial charge in [0.2, 0.25) is 17.7 Å². The van der Waals surface area contributed by atoms with Crippen LogP contribution in [-0.2, 0) is 4.79 Å². The summed E-state index contributed by atoms with van der Waals surface area (Å²) in [6.45, 7) is 4.08. The molecule has 0 spiro atoms. The molecule has 0 aliphatic carbocycles. The smallest absolute Gasteiger partial charge is 0.248 e. The number of amides is 1. The van der Waals surface area contributed by atoms with E-state index in [0.717, 1.165) is 35.2 Å². The molecule has 1 aromatic heterocycles. The van der Waals surface area contributed by atoms with Crippen LogP contribution in [0.4, 0.5) is 5.69 Å². The maximum absolute atomic E-state index is 11.8. The normalized spacial score (nSPS) is 10.6. The van der Waals surface area contributed by atoms with E-state index in [1.807, 2.05) is 55.5 Å². The van der Waals surface area contributed by atoms with Gasteiger partial charge < -0.3 is 9.73 Å². The number of carbonyl (C=O) groups excluding carboxylic acids is 1. The highest BCUT2D eigenvalue weighted by atomic mass is 16.4. The molecule has 25 heavy (non-hydrogen) atoms. The molecule has 5 nitrogen and oxygen atoms in total. The van der Waals surface area contributed by atoms with Crippen LogP contribution in [0.2, 0.25) is 0 Å². The molecule has 2 aromatic carbocycles. The summed E-state index contributed by atoms with van der Waals surface area (Å²) in [6, 6.07) is 15.3. The number of aromatic nitrogens is 2. The third-order valence-electron chi connectivity index (χ3n) is 3.97. The van der Waals surface area contributed by atoms with Gasteiger partial charge in [-0.05, 0) is 49.2 Å². The van der Waals surface area contributed by atoms with Crippen molar-refractivity contribution in [2.75, 3.05) is 5.32 Å². The molecule has 0 unspecified atom stereocenters. The summed E-state index contributed by atoms with van der Waals surface area (Å²) in [5, 5.41) is 11.2. The van der Waals surface area contributed by atoms with Crippen molar-refractivity contribution in [1.82, 2.24) is 10.2 Å². The van der Waals surface area contributed by atoms with Gasteiger partial charge in [-0.15, -0.1) is 10.2 Å². The molecule has 0 fully saturated rings. The van der Waals surface area contributed by atoms with E-state index in [4.69, 9.17) is 4.42 Å². The van der Waals surface area contributed by atoms with Crippen LogP contribution in [-0.4, -0.2) is 16.1 Å². The largest absolute Gasteiger partial charge is 0.416 e. The molecule has 0 radical (unpaired) electrons. The van der Waals surface area contributed by atoms with Gasteiger partial charge in [-0.25, -0.2) is 0 Å². The predicted octanol–water partition coefficient (Wildman–Crippen LogP) is 4.84. The maximum Gasteiger partial charge on any atom is 0.248 e. The highest BCUT2D eigenvalue weighted by Crippen LogP contribution is 2.26. The van der Waals surface area contributed by atoms with E-state index in [2.05, 4.69) is 22.4 Å². The SMILES string of the molecule is CCCCC(=O)Nc1ccc(-c2nnc(-c3ccccc3C)o2)cc1. The first kappa shape index (κ1) is 16.9. The van der Waals surface area contributed by atoms with Crippen molar-refractivity contribution in [2.45, 2.75) is 33.1 Å². The Morgan fingerprint density at radius 1 is 1.04 bits per heavy atom. The van der Waals surface area contributed by atoms with Gasteiger partial charge in [-0.3, -0.25) is 4.79 Å². The number of carbonyl (C=O) groups is 1. The first-order valence-electron chi connectivity index (χ1n) is 8.47. The minimum absolute atomic E-state index is 0.0363. The van der Waals surface area contributed by atoms with Crippen molar-refractivity contribution < 1.29 is 9.21 Å². The van der Waals surface area contributed by atoms with Crippen LogP contribution in [0, 0.1) is 6.92 Å². The van der Waals surface area contributed by atoms with Crippen molar-refractivity contribution in [3.05, 3.63) is 54.1 Å². The van der Waals surface area contributed by atoms with Crippen LogP contribution < -0.4 is 5.32 Å². The molecule has 0 bridgehead atoms. The number of benzene rings is 2. The summed E-state index contributed by atoms with van der Waals surface area (Å²) in [5.41, 5.74) is 3.60. The Balaban J connectivity index is 1.73. The lowest BCUT2D eigenvalue weighted by Crippen LogP contribution is -2.10. The molecule has 5 heteroatoms. The first-order valence-corrected chi connectivity index (χ1v) is 8.47. The lowest BCUT2D eigenvalue weighted by atomic mass is 10.1. The fourth-order valence-corrected chi connectivity index (χ4v) is 2.52. The Morgan fingerprint density at radius 3 is 2.48 bits per heavy atom.